The minimum atomic E-state index is -0.485. The molecule has 0 aromatic heterocycles. The zero-order valence-electron chi connectivity index (χ0n) is 8.11. The Morgan fingerprint density at radius 2 is 2.00 bits per heavy atom. The third-order valence-electron chi connectivity index (χ3n) is 2.34. The van der Waals surface area contributed by atoms with Crippen LogP contribution in [-0.4, -0.2) is 4.92 Å². The van der Waals surface area contributed by atoms with Gasteiger partial charge in [0.05, 0.1) is 10.5 Å². The highest BCUT2D eigenvalue weighted by Gasteiger charge is 2.23. The van der Waals surface area contributed by atoms with E-state index < -0.39 is 4.92 Å². The summed E-state index contributed by atoms with van der Waals surface area (Å²) in [5.41, 5.74) is 1.05. The predicted octanol–water partition coefficient (Wildman–Crippen LogP) is 4.16. The van der Waals surface area contributed by atoms with Gasteiger partial charge >= 0.3 is 0 Å². The maximum absolute atomic E-state index is 10.9. The summed E-state index contributed by atoms with van der Waals surface area (Å²) in [7, 11) is 0. The normalized spacial score (nSPS) is 14.6. The van der Waals surface area contributed by atoms with Gasteiger partial charge in [-0.3, -0.25) is 10.1 Å². The van der Waals surface area contributed by atoms with Gasteiger partial charge in [0, 0.05) is 10.6 Å². The molecule has 1 aliphatic rings. The van der Waals surface area contributed by atoms with Gasteiger partial charge in [0.1, 0.15) is 5.02 Å². The fourth-order valence-corrected chi connectivity index (χ4v) is 2.16. The van der Waals surface area contributed by atoms with Gasteiger partial charge in [0.15, 0.2) is 0 Å². The highest BCUT2D eigenvalue weighted by atomic mass is 35.5. The average Bonchev–Trinajstić information content (AvgIpc) is 2.63. The van der Waals surface area contributed by atoms with Crippen molar-refractivity contribution in [1.82, 2.24) is 0 Å². The average molecular weight is 256 g/mol. The first-order valence-electron chi connectivity index (χ1n) is 4.60. The molecule has 0 saturated carbocycles. The fraction of sp³-hybridized carbons (Fsp3) is 0.0909. The summed E-state index contributed by atoms with van der Waals surface area (Å²) in [5, 5.41) is 11.6. The minimum Gasteiger partial charge on any atom is -0.258 e. The Hall–Kier alpha value is -1.32. The number of benzene rings is 1. The summed E-state index contributed by atoms with van der Waals surface area (Å²) in [4.78, 5) is 10.5. The van der Waals surface area contributed by atoms with Gasteiger partial charge in [-0.15, -0.1) is 0 Å². The smallest absolute Gasteiger partial charge is 0.258 e. The van der Waals surface area contributed by atoms with E-state index in [-0.39, 0.29) is 10.7 Å². The summed E-state index contributed by atoms with van der Waals surface area (Å²) >= 11 is 11.8. The summed E-state index contributed by atoms with van der Waals surface area (Å²) in [6, 6.07) is 4.82. The third-order valence-corrected chi connectivity index (χ3v) is 3.00. The maximum Gasteiger partial charge on any atom is 0.295 e. The zero-order chi connectivity index (χ0) is 11.7. The van der Waals surface area contributed by atoms with Crippen molar-refractivity contribution in [3.63, 3.8) is 0 Å². The first-order chi connectivity index (χ1) is 7.61. The molecule has 1 aliphatic carbocycles. The lowest BCUT2D eigenvalue weighted by Gasteiger charge is -2.05. The second-order valence-corrected chi connectivity index (χ2v) is 4.11. The van der Waals surface area contributed by atoms with Crippen LogP contribution in [-0.2, 0) is 0 Å². The Morgan fingerprint density at radius 1 is 1.25 bits per heavy atom. The van der Waals surface area contributed by atoms with Gasteiger partial charge in [-0.1, -0.05) is 41.4 Å². The second kappa shape index (κ2) is 4.28. The van der Waals surface area contributed by atoms with Crippen LogP contribution in [0.4, 0.5) is 5.69 Å². The number of para-hydroxylation sites is 1. The van der Waals surface area contributed by atoms with E-state index in [0.717, 1.165) is 0 Å². The molecule has 0 aliphatic heterocycles. The Balaban J connectivity index is 2.62. The van der Waals surface area contributed by atoms with Crippen LogP contribution in [0.25, 0.3) is 5.57 Å². The molecule has 0 unspecified atom stereocenters. The standard InChI is InChI=1S/C11H7Cl2NO2/c12-9-5-1-3-7(9)8-4-2-6-10(13)11(8)14(15)16/h2-6H,1H2. The van der Waals surface area contributed by atoms with Crippen molar-refractivity contribution in [3.05, 3.63) is 56.1 Å². The van der Waals surface area contributed by atoms with Crippen LogP contribution in [0.2, 0.25) is 5.02 Å². The highest BCUT2D eigenvalue weighted by Crippen LogP contribution is 2.39. The van der Waals surface area contributed by atoms with Crippen LogP contribution in [0, 0.1) is 10.1 Å². The van der Waals surface area contributed by atoms with Crippen LogP contribution >= 0.6 is 23.2 Å². The Bertz CT molecular complexity index is 521. The molecule has 82 valence electrons. The SMILES string of the molecule is O=[N+]([O-])c1c(Cl)cccc1C1=CCC=C1Cl. The van der Waals surface area contributed by atoms with Crippen LogP contribution in [0.5, 0.6) is 0 Å². The number of hydrogen-bond acceptors (Lipinski definition) is 2. The van der Waals surface area contributed by atoms with Gasteiger partial charge in [-0.05, 0) is 18.6 Å². The van der Waals surface area contributed by atoms with Crippen LogP contribution in [0.3, 0.4) is 0 Å². The molecule has 0 saturated heterocycles. The maximum atomic E-state index is 10.9. The highest BCUT2D eigenvalue weighted by molar-refractivity contribution is 6.38. The molecule has 0 bridgehead atoms. The van der Waals surface area contributed by atoms with E-state index in [0.29, 0.717) is 22.6 Å². The van der Waals surface area contributed by atoms with E-state index >= 15 is 0 Å². The molecule has 3 nitrogen and oxygen atoms in total. The van der Waals surface area contributed by atoms with Crippen molar-refractivity contribution in [2.24, 2.45) is 0 Å². The van der Waals surface area contributed by atoms with E-state index in [4.69, 9.17) is 23.2 Å². The van der Waals surface area contributed by atoms with Crippen LogP contribution < -0.4 is 0 Å². The summed E-state index contributed by atoms with van der Waals surface area (Å²) in [5.74, 6) is 0. The molecule has 16 heavy (non-hydrogen) atoms. The molecule has 0 amide bonds. The molecule has 0 fully saturated rings. The zero-order valence-corrected chi connectivity index (χ0v) is 9.63. The number of hydrogen-bond donors (Lipinski definition) is 0. The van der Waals surface area contributed by atoms with E-state index in [9.17, 15) is 10.1 Å². The molecule has 2 rings (SSSR count). The van der Waals surface area contributed by atoms with Gasteiger partial charge < -0.3 is 0 Å². The van der Waals surface area contributed by atoms with E-state index in [1.165, 1.54) is 6.07 Å². The van der Waals surface area contributed by atoms with E-state index in [2.05, 4.69) is 0 Å². The van der Waals surface area contributed by atoms with Gasteiger partial charge in [-0.2, -0.15) is 0 Å². The van der Waals surface area contributed by atoms with Crippen molar-refractivity contribution < 1.29 is 4.92 Å². The van der Waals surface area contributed by atoms with Crippen molar-refractivity contribution in [2.45, 2.75) is 6.42 Å². The van der Waals surface area contributed by atoms with Gasteiger partial charge in [0.25, 0.3) is 5.69 Å². The topological polar surface area (TPSA) is 43.1 Å². The van der Waals surface area contributed by atoms with Gasteiger partial charge in [-0.25, -0.2) is 0 Å². The predicted molar refractivity (Wildman–Crippen MR) is 64.6 cm³/mol. The molecule has 0 N–H and O–H groups in total. The number of allylic oxidation sites excluding steroid dienone is 4. The first-order valence-corrected chi connectivity index (χ1v) is 5.36. The molecular weight excluding hydrogens is 249 g/mol. The molecule has 0 radical (unpaired) electrons. The van der Waals surface area contributed by atoms with E-state index in [1.54, 1.807) is 12.1 Å². The molecule has 5 heteroatoms. The Kier molecular flexibility index (Phi) is 2.99. The minimum absolute atomic E-state index is 0.0936. The fourth-order valence-electron chi connectivity index (χ4n) is 1.64. The molecule has 0 spiro atoms. The Labute approximate surface area is 102 Å². The van der Waals surface area contributed by atoms with Crippen molar-refractivity contribution in [1.29, 1.82) is 0 Å². The summed E-state index contributed by atoms with van der Waals surface area (Å²) < 4.78 is 0. The summed E-state index contributed by atoms with van der Waals surface area (Å²) in [6.07, 6.45) is 4.35. The third kappa shape index (κ3) is 1.84. The van der Waals surface area contributed by atoms with Crippen molar-refractivity contribution in [3.8, 4) is 0 Å². The van der Waals surface area contributed by atoms with E-state index in [1.807, 2.05) is 12.2 Å². The number of nitrogens with zero attached hydrogens (tertiary/aromatic N) is 1. The van der Waals surface area contributed by atoms with Crippen molar-refractivity contribution >= 4 is 34.5 Å². The molecule has 1 aromatic rings. The summed E-state index contributed by atoms with van der Waals surface area (Å²) in [6.45, 7) is 0. The van der Waals surface area contributed by atoms with Gasteiger partial charge in [0.2, 0.25) is 0 Å². The number of nitro benzene ring substituents is 1. The largest absolute Gasteiger partial charge is 0.295 e. The van der Waals surface area contributed by atoms with Crippen molar-refractivity contribution in [2.75, 3.05) is 0 Å². The lowest BCUT2D eigenvalue weighted by atomic mass is 10.1. The monoisotopic (exact) mass is 255 g/mol. The lowest BCUT2D eigenvalue weighted by Crippen LogP contribution is -1.95. The molecule has 0 heterocycles. The lowest BCUT2D eigenvalue weighted by molar-refractivity contribution is -0.385. The van der Waals surface area contributed by atoms with Crippen LogP contribution in [0.15, 0.2) is 35.4 Å². The number of nitro groups is 1. The molecule has 1 aromatic carbocycles. The molecule has 0 atom stereocenters. The van der Waals surface area contributed by atoms with Crippen LogP contribution in [0.1, 0.15) is 12.0 Å². The number of halogens is 2. The quantitative estimate of drug-likeness (QED) is 0.589. The Morgan fingerprint density at radius 3 is 2.56 bits per heavy atom. The first kappa shape index (κ1) is 11.2. The molecular formula is C11H7Cl2NO2. The number of rotatable bonds is 2. The second-order valence-electron chi connectivity index (χ2n) is 3.30.